The van der Waals surface area contributed by atoms with Crippen LogP contribution in [0.15, 0.2) is 96.1 Å². The maximum absolute atomic E-state index is 2.66. The fourth-order valence-corrected chi connectivity index (χ4v) is 19.5. The maximum atomic E-state index is 2.66. The Kier molecular flexibility index (Phi) is 11.1. The monoisotopic (exact) mass is 738 g/mol. The normalized spacial score (nSPS) is 18.6. The van der Waals surface area contributed by atoms with E-state index in [1.807, 2.05) is 0 Å². The molecule has 1 aliphatic heterocycles. The van der Waals surface area contributed by atoms with Crippen molar-refractivity contribution in [1.29, 1.82) is 0 Å². The van der Waals surface area contributed by atoms with Gasteiger partial charge in [0.2, 0.25) is 0 Å². The standard InChI is InChI=1S/2C22H25.C3H6.2ClH.Ti/c2*1-15(2)18-13-17-7-6-8-20(21(17)14-18)16-9-11-19(12-10-16)22(3,4)5;1-3-2;;;/h2*6-15H,1-5H3;1-3H2;2*1H;/q;;;;;+2/p-2. The van der Waals surface area contributed by atoms with Crippen molar-refractivity contribution in [2.24, 2.45) is 11.8 Å². The molecule has 3 heteroatoms. The van der Waals surface area contributed by atoms with E-state index >= 15 is 0 Å². The van der Waals surface area contributed by atoms with E-state index < -0.39 is 16.6 Å². The van der Waals surface area contributed by atoms with E-state index in [1.54, 1.807) is 22.3 Å². The number of halogens is 2. The third-order valence-corrected chi connectivity index (χ3v) is 21.7. The summed E-state index contributed by atoms with van der Waals surface area (Å²) >= 11 is -2.61. The summed E-state index contributed by atoms with van der Waals surface area (Å²) in [4.78, 5) is 0. The summed E-state index contributed by atoms with van der Waals surface area (Å²) in [7, 11) is 0. The van der Waals surface area contributed by atoms with Crippen LogP contribution in [0.5, 0.6) is 0 Å². The second kappa shape index (κ2) is 14.2. The van der Waals surface area contributed by atoms with Crippen LogP contribution in [-0.2, 0) is 27.4 Å². The second-order valence-electron chi connectivity index (χ2n) is 17.8. The Labute approximate surface area is 319 Å². The van der Waals surface area contributed by atoms with Crippen molar-refractivity contribution in [1.82, 2.24) is 0 Å². The van der Waals surface area contributed by atoms with Crippen molar-refractivity contribution in [3.63, 3.8) is 0 Å². The van der Waals surface area contributed by atoms with Gasteiger partial charge in [0.25, 0.3) is 0 Å². The van der Waals surface area contributed by atoms with Crippen LogP contribution in [0.2, 0.25) is 9.45 Å². The summed E-state index contributed by atoms with van der Waals surface area (Å²) in [6.45, 7) is 23.7. The van der Waals surface area contributed by atoms with E-state index in [2.05, 4.69) is 166 Å². The van der Waals surface area contributed by atoms with Crippen LogP contribution >= 0.6 is 0 Å². The Morgan fingerprint density at radius 2 is 0.880 bits per heavy atom. The van der Waals surface area contributed by atoms with Gasteiger partial charge in [-0.05, 0) is 0 Å². The van der Waals surface area contributed by atoms with E-state index in [4.69, 9.17) is 0 Å². The molecule has 2 atom stereocenters. The van der Waals surface area contributed by atoms with Gasteiger partial charge in [0.15, 0.2) is 0 Å². The van der Waals surface area contributed by atoms with Gasteiger partial charge in [-0.2, -0.15) is 0 Å². The Bertz CT molecular complexity index is 1770. The van der Waals surface area contributed by atoms with E-state index in [-0.39, 0.29) is 35.6 Å². The van der Waals surface area contributed by atoms with Crippen molar-refractivity contribution in [2.45, 2.75) is 104 Å². The van der Waals surface area contributed by atoms with Gasteiger partial charge >= 0.3 is 297 Å². The predicted octanol–water partition coefficient (Wildman–Crippen LogP) is 7.91. The Hall–Kier alpha value is -2.35. The van der Waals surface area contributed by atoms with Gasteiger partial charge in [0.1, 0.15) is 0 Å². The summed E-state index contributed by atoms with van der Waals surface area (Å²) in [5.74, 6) is 1.09. The molecule has 0 radical (unpaired) electrons. The minimum absolute atomic E-state index is 0. The molecule has 0 aromatic heterocycles. The van der Waals surface area contributed by atoms with Gasteiger partial charge in [0, 0.05) is 0 Å². The van der Waals surface area contributed by atoms with Gasteiger partial charge < -0.3 is 24.8 Å². The molecule has 4 aromatic carbocycles. The molecule has 0 bridgehead atoms. The van der Waals surface area contributed by atoms with Crippen LogP contribution in [0.4, 0.5) is 0 Å². The number of hydrogen-bond acceptors (Lipinski definition) is 0. The molecule has 1 fully saturated rings. The number of rotatable bonds is 6. The molecule has 1 saturated heterocycles. The van der Waals surface area contributed by atoms with Crippen LogP contribution in [0.25, 0.3) is 34.4 Å². The molecule has 7 rings (SSSR count). The topological polar surface area (TPSA) is 0 Å². The van der Waals surface area contributed by atoms with Crippen molar-refractivity contribution in [3.8, 4) is 22.3 Å². The number of fused-ring (bicyclic) bond motifs is 2. The van der Waals surface area contributed by atoms with Gasteiger partial charge in [-0.25, -0.2) is 0 Å². The van der Waals surface area contributed by atoms with Crippen LogP contribution < -0.4 is 24.8 Å². The van der Waals surface area contributed by atoms with Gasteiger partial charge in [0.05, 0.1) is 0 Å². The van der Waals surface area contributed by atoms with Crippen LogP contribution in [0.3, 0.4) is 0 Å². The molecule has 0 N–H and O–H groups in total. The molecule has 50 heavy (non-hydrogen) atoms. The summed E-state index contributed by atoms with van der Waals surface area (Å²) < 4.78 is 4.18. The van der Waals surface area contributed by atoms with Crippen molar-refractivity contribution < 1.29 is 41.4 Å². The minimum Gasteiger partial charge on any atom is -1.00 e. The van der Waals surface area contributed by atoms with Gasteiger partial charge in [-0.15, -0.1) is 0 Å². The third-order valence-electron chi connectivity index (χ3n) is 12.1. The zero-order valence-electron chi connectivity index (χ0n) is 31.9. The fourth-order valence-electron chi connectivity index (χ4n) is 9.27. The van der Waals surface area contributed by atoms with E-state index in [0.29, 0.717) is 20.3 Å². The Morgan fingerprint density at radius 3 is 1.16 bits per heavy atom. The molecule has 1 heterocycles. The van der Waals surface area contributed by atoms with Gasteiger partial charge in [-0.1, -0.05) is 0 Å². The Balaban J connectivity index is 0.00000243. The van der Waals surface area contributed by atoms with Gasteiger partial charge in [-0.3, -0.25) is 0 Å². The second-order valence-corrected chi connectivity index (χ2v) is 25.0. The third kappa shape index (κ3) is 6.58. The molecule has 262 valence electrons. The first-order chi connectivity index (χ1) is 22.7. The Morgan fingerprint density at radius 1 is 0.520 bits per heavy atom. The number of hydrogen-bond donors (Lipinski definition) is 0. The van der Waals surface area contributed by atoms with E-state index in [1.165, 1.54) is 60.4 Å². The first-order valence-corrected chi connectivity index (χ1v) is 22.6. The maximum Gasteiger partial charge on any atom is -1.00 e. The zero-order valence-corrected chi connectivity index (χ0v) is 35.0. The number of allylic oxidation sites excluding steroid dienone is 2. The molecule has 2 unspecified atom stereocenters. The predicted molar refractivity (Wildman–Crippen MR) is 206 cm³/mol. The van der Waals surface area contributed by atoms with E-state index in [0.717, 1.165) is 0 Å². The molecule has 0 nitrogen and oxygen atoms in total. The molecule has 4 aromatic rings. The molecule has 0 amide bonds. The SMILES string of the molecule is CC(C)C1=Cc2c(-c3ccc(C(C)(C)C)cc3)cccc2[CH]1[Ti+2]1([CH]2C(C(C)C)=Cc3c(-c4ccc(C(C)(C)C)cc4)cccc32)[CH2]C[CH2]1.[Cl-].[Cl-]. The zero-order chi connectivity index (χ0) is 34.2. The molecule has 2 aliphatic carbocycles. The molecular weight excluding hydrogens is 683 g/mol. The molecular formula is C47H56Cl2Ti. The summed E-state index contributed by atoms with van der Waals surface area (Å²) in [5, 5.41) is 0. The molecule has 3 aliphatic rings. The van der Waals surface area contributed by atoms with Crippen molar-refractivity contribution in [2.75, 3.05) is 0 Å². The number of benzene rings is 4. The first kappa shape index (κ1) is 38.9. The summed E-state index contributed by atoms with van der Waals surface area (Å²) in [6, 6.07) is 33.4. The quantitative estimate of drug-likeness (QED) is 0.177. The van der Waals surface area contributed by atoms with E-state index in [9.17, 15) is 0 Å². The summed E-state index contributed by atoms with van der Waals surface area (Å²) in [6.07, 6.45) is 6.71. The minimum atomic E-state index is -2.61. The van der Waals surface area contributed by atoms with Crippen molar-refractivity contribution in [3.05, 3.63) is 129 Å². The largest absolute Gasteiger partial charge is 1.00 e. The molecule has 0 saturated carbocycles. The summed E-state index contributed by atoms with van der Waals surface area (Å²) in [5.41, 5.74) is 18.4. The van der Waals surface area contributed by atoms with Crippen molar-refractivity contribution >= 4 is 12.2 Å². The average Bonchev–Trinajstić information content (AvgIpc) is 3.61. The van der Waals surface area contributed by atoms with Crippen LogP contribution in [-0.4, -0.2) is 0 Å². The fraction of sp³-hybridized carbons (Fsp3) is 0.404. The first-order valence-electron chi connectivity index (χ1n) is 18.6. The smallest absolute Gasteiger partial charge is 1.00 e. The average molecular weight is 740 g/mol. The van der Waals surface area contributed by atoms with Crippen LogP contribution in [0, 0.1) is 11.8 Å². The molecule has 0 spiro atoms. The van der Waals surface area contributed by atoms with Crippen LogP contribution in [0.1, 0.15) is 117 Å².